The number of halogens is 1. The minimum Gasteiger partial charge on any atom is -0.367 e. The number of hydrogen-bond acceptors (Lipinski definition) is 6. The van der Waals surface area contributed by atoms with E-state index in [2.05, 4.69) is 11.9 Å². The van der Waals surface area contributed by atoms with Crippen LogP contribution in [0.15, 0.2) is 46.6 Å². The van der Waals surface area contributed by atoms with Crippen molar-refractivity contribution in [1.82, 2.24) is 9.47 Å². The zero-order valence-corrected chi connectivity index (χ0v) is 20.0. The Morgan fingerprint density at radius 3 is 2.61 bits per heavy atom. The number of thiocarbonyl (C=S) groups is 1. The van der Waals surface area contributed by atoms with Gasteiger partial charge < -0.3 is 5.32 Å². The van der Waals surface area contributed by atoms with E-state index in [-0.39, 0.29) is 17.3 Å². The van der Waals surface area contributed by atoms with Gasteiger partial charge in [0.2, 0.25) is 0 Å². The highest BCUT2D eigenvalue weighted by atomic mass is 32.2. The van der Waals surface area contributed by atoms with Crippen molar-refractivity contribution < 1.29 is 9.18 Å². The van der Waals surface area contributed by atoms with Gasteiger partial charge in [0.15, 0.2) is 0 Å². The molecular formula is C24H23FN4O2S2. The molecule has 3 rings (SSSR count). The minimum absolute atomic E-state index is 0.0311. The van der Waals surface area contributed by atoms with Crippen LogP contribution in [0, 0.1) is 24.1 Å². The van der Waals surface area contributed by atoms with Gasteiger partial charge in [-0.1, -0.05) is 49.1 Å². The molecule has 2 heterocycles. The molecule has 2 aromatic rings. The van der Waals surface area contributed by atoms with Crippen LogP contribution >= 0.6 is 24.0 Å². The Balaban J connectivity index is 2.15. The fourth-order valence-electron chi connectivity index (χ4n) is 3.50. The molecule has 0 radical (unpaired) electrons. The van der Waals surface area contributed by atoms with E-state index in [0.29, 0.717) is 52.2 Å². The van der Waals surface area contributed by atoms with E-state index >= 15 is 0 Å². The van der Waals surface area contributed by atoms with E-state index in [1.54, 1.807) is 31.2 Å². The lowest BCUT2D eigenvalue weighted by Gasteiger charge is -2.20. The van der Waals surface area contributed by atoms with Gasteiger partial charge in [0, 0.05) is 25.2 Å². The molecule has 33 heavy (non-hydrogen) atoms. The predicted octanol–water partition coefficient (Wildman–Crippen LogP) is 4.58. The number of carbonyl (C=O) groups is 1. The van der Waals surface area contributed by atoms with Crippen molar-refractivity contribution in [2.45, 2.75) is 33.4 Å². The highest BCUT2D eigenvalue weighted by Gasteiger charge is 2.32. The second-order valence-corrected chi connectivity index (χ2v) is 9.07. The van der Waals surface area contributed by atoms with Gasteiger partial charge in [-0.05, 0) is 42.7 Å². The number of nitrogens with one attached hydrogen (secondary N) is 1. The largest absolute Gasteiger partial charge is 0.367 e. The molecule has 1 amide bonds. The average Bonchev–Trinajstić information content (AvgIpc) is 3.05. The first-order chi connectivity index (χ1) is 15.8. The number of amides is 1. The van der Waals surface area contributed by atoms with E-state index in [1.165, 1.54) is 33.4 Å². The zero-order chi connectivity index (χ0) is 24.1. The normalized spacial score (nSPS) is 14.6. The van der Waals surface area contributed by atoms with E-state index < -0.39 is 5.56 Å². The number of thioether (sulfide) groups is 1. The Bertz CT molecular complexity index is 1240. The van der Waals surface area contributed by atoms with Crippen molar-refractivity contribution in [3.63, 3.8) is 0 Å². The second-order valence-electron chi connectivity index (χ2n) is 7.39. The van der Waals surface area contributed by atoms with Crippen molar-refractivity contribution in [3.8, 4) is 6.07 Å². The van der Waals surface area contributed by atoms with Crippen LogP contribution in [-0.4, -0.2) is 26.2 Å². The topological polar surface area (TPSA) is 78.1 Å². The summed E-state index contributed by atoms with van der Waals surface area (Å²) in [4.78, 5) is 27.8. The summed E-state index contributed by atoms with van der Waals surface area (Å²) in [6.45, 7) is 8.30. The number of nitrogens with zero attached hydrogens (tertiary/aromatic N) is 3. The molecule has 170 valence electrons. The number of hydrogen-bond donors (Lipinski definition) is 1. The lowest BCUT2D eigenvalue weighted by molar-refractivity contribution is -0.121. The molecule has 1 aromatic carbocycles. The Hall–Kier alpha value is -3.22. The molecule has 6 nitrogen and oxygen atoms in total. The van der Waals surface area contributed by atoms with Crippen LogP contribution in [0.5, 0.6) is 0 Å². The van der Waals surface area contributed by atoms with Gasteiger partial charge in [0.1, 0.15) is 27.6 Å². The van der Waals surface area contributed by atoms with Crippen LogP contribution in [0.2, 0.25) is 0 Å². The maximum absolute atomic E-state index is 13.3. The van der Waals surface area contributed by atoms with E-state index in [4.69, 9.17) is 12.2 Å². The molecule has 1 saturated heterocycles. The Morgan fingerprint density at radius 2 is 2.00 bits per heavy atom. The molecule has 1 aliphatic heterocycles. The third-order valence-corrected chi connectivity index (χ3v) is 6.53. The third-order valence-electron chi connectivity index (χ3n) is 5.16. The molecule has 1 fully saturated rings. The van der Waals surface area contributed by atoms with Crippen LogP contribution in [0.1, 0.15) is 35.6 Å². The number of anilines is 1. The van der Waals surface area contributed by atoms with Crippen LogP contribution in [0.25, 0.3) is 6.08 Å². The van der Waals surface area contributed by atoms with Crippen LogP contribution < -0.4 is 10.9 Å². The van der Waals surface area contributed by atoms with Gasteiger partial charge in [-0.3, -0.25) is 19.1 Å². The van der Waals surface area contributed by atoms with E-state index in [9.17, 15) is 19.2 Å². The van der Waals surface area contributed by atoms with Crippen molar-refractivity contribution >= 4 is 46.1 Å². The van der Waals surface area contributed by atoms with Crippen LogP contribution in [0.3, 0.4) is 0 Å². The fraction of sp³-hybridized carbons (Fsp3) is 0.250. The number of rotatable bonds is 8. The molecule has 0 spiro atoms. The average molecular weight is 483 g/mol. The number of pyridine rings is 1. The van der Waals surface area contributed by atoms with Crippen molar-refractivity contribution in [3.05, 3.63) is 80.3 Å². The first-order valence-electron chi connectivity index (χ1n) is 10.3. The van der Waals surface area contributed by atoms with Crippen molar-refractivity contribution in [2.75, 3.05) is 11.9 Å². The summed E-state index contributed by atoms with van der Waals surface area (Å²) in [7, 11) is 0. The van der Waals surface area contributed by atoms with Gasteiger partial charge in [0.05, 0.1) is 4.91 Å². The number of nitriles is 1. The quantitative estimate of drug-likeness (QED) is 0.337. The monoisotopic (exact) mass is 482 g/mol. The standard InChI is InChI=1S/C24H23FN4O2S2/c1-4-10-28-21(27-14-16-6-8-17(25)9-7-16)18(15(3)19(13-26)22(28)30)12-20-23(31)29(11-5-2)24(32)33-20/h5-9,12,27H,2,4,10-11,14H2,1,3H3/b20-12+. The summed E-state index contributed by atoms with van der Waals surface area (Å²) in [5, 5.41) is 12.9. The maximum atomic E-state index is 13.3. The van der Waals surface area contributed by atoms with Gasteiger partial charge in [-0.15, -0.1) is 6.58 Å². The molecule has 0 bridgehead atoms. The van der Waals surface area contributed by atoms with Crippen LogP contribution in [-0.2, 0) is 17.9 Å². The van der Waals surface area contributed by atoms with Gasteiger partial charge in [-0.25, -0.2) is 4.39 Å². The summed E-state index contributed by atoms with van der Waals surface area (Å²) in [6, 6.07) is 8.05. The van der Waals surface area contributed by atoms with Gasteiger partial charge >= 0.3 is 0 Å². The van der Waals surface area contributed by atoms with Gasteiger partial charge in [-0.2, -0.15) is 5.26 Å². The molecule has 1 aliphatic rings. The summed E-state index contributed by atoms with van der Waals surface area (Å²) in [6.07, 6.45) is 3.95. The van der Waals surface area contributed by atoms with E-state index in [1.807, 2.05) is 13.0 Å². The molecule has 0 aliphatic carbocycles. The summed E-state index contributed by atoms with van der Waals surface area (Å²) >= 11 is 6.50. The minimum atomic E-state index is -0.394. The lowest BCUT2D eigenvalue weighted by Crippen LogP contribution is -2.29. The molecule has 1 N–H and O–H groups in total. The summed E-state index contributed by atoms with van der Waals surface area (Å²) in [5.41, 5.74) is 1.50. The fourth-order valence-corrected chi connectivity index (χ4v) is 4.75. The third kappa shape index (κ3) is 5.07. The summed E-state index contributed by atoms with van der Waals surface area (Å²) < 4.78 is 15.2. The van der Waals surface area contributed by atoms with Crippen LogP contribution in [0.4, 0.5) is 10.2 Å². The number of carbonyl (C=O) groups excluding carboxylic acids is 1. The highest BCUT2D eigenvalue weighted by molar-refractivity contribution is 8.26. The lowest BCUT2D eigenvalue weighted by atomic mass is 10.0. The Kier molecular flexibility index (Phi) is 7.84. The van der Waals surface area contributed by atoms with Crippen molar-refractivity contribution in [1.29, 1.82) is 5.26 Å². The number of aromatic nitrogens is 1. The molecule has 0 atom stereocenters. The molecular weight excluding hydrogens is 459 g/mol. The predicted molar refractivity (Wildman–Crippen MR) is 134 cm³/mol. The van der Waals surface area contributed by atoms with Crippen molar-refractivity contribution in [2.24, 2.45) is 0 Å². The maximum Gasteiger partial charge on any atom is 0.270 e. The molecule has 0 unspecified atom stereocenters. The smallest absolute Gasteiger partial charge is 0.270 e. The first-order valence-corrected chi connectivity index (χ1v) is 11.6. The molecule has 1 aromatic heterocycles. The van der Waals surface area contributed by atoms with E-state index in [0.717, 1.165) is 5.56 Å². The second kappa shape index (κ2) is 10.6. The zero-order valence-electron chi connectivity index (χ0n) is 18.4. The molecule has 0 saturated carbocycles. The molecule has 9 heteroatoms. The van der Waals surface area contributed by atoms with Gasteiger partial charge in [0.25, 0.3) is 11.5 Å². The highest BCUT2D eigenvalue weighted by Crippen LogP contribution is 2.35. The first kappa shape index (κ1) is 24.4. The Morgan fingerprint density at radius 1 is 1.30 bits per heavy atom. The summed E-state index contributed by atoms with van der Waals surface area (Å²) in [5.74, 6) is -0.0877. The Labute approximate surface area is 201 Å². The SMILES string of the molecule is C=CCN1C(=O)/C(=C\c2c(C)c(C#N)c(=O)n(CCC)c2NCc2ccc(F)cc2)SC1=S. The number of benzene rings is 1.